The second-order valence-electron chi connectivity index (χ2n) is 6.93. The maximum absolute atomic E-state index is 13.6. The third kappa shape index (κ3) is 4.90. The highest BCUT2D eigenvalue weighted by Gasteiger charge is 2.21. The van der Waals surface area contributed by atoms with Crippen LogP contribution in [0.5, 0.6) is 0 Å². The minimum Gasteiger partial charge on any atom is -0.343 e. The fourth-order valence-electron chi connectivity index (χ4n) is 3.36. The Bertz CT molecular complexity index is 829. The molecule has 0 radical (unpaired) electrons. The number of likely N-dealkylation sites (tertiary alicyclic amines) is 1. The zero-order chi connectivity index (χ0) is 19.4. The maximum atomic E-state index is 13.6. The van der Waals surface area contributed by atoms with Crippen molar-refractivity contribution < 1.29 is 18.4 Å². The number of hydrogen-bond donors (Lipinski definition) is 1. The first-order valence-electron chi connectivity index (χ1n) is 9.03. The van der Waals surface area contributed by atoms with Crippen molar-refractivity contribution in [1.82, 2.24) is 4.90 Å². The molecule has 1 fully saturated rings. The molecule has 1 N–H and O–H groups in total. The summed E-state index contributed by atoms with van der Waals surface area (Å²) >= 11 is 0. The lowest BCUT2D eigenvalue weighted by atomic mass is 9.90. The van der Waals surface area contributed by atoms with Gasteiger partial charge < -0.3 is 10.2 Å². The van der Waals surface area contributed by atoms with Crippen molar-refractivity contribution >= 4 is 17.5 Å². The van der Waals surface area contributed by atoms with E-state index in [0.29, 0.717) is 11.5 Å². The Morgan fingerprint density at radius 3 is 2.33 bits per heavy atom. The lowest BCUT2D eigenvalue weighted by molar-refractivity contribution is -0.130. The number of nitrogens with one attached hydrogen (secondary N) is 1. The molecule has 0 atom stereocenters. The van der Waals surface area contributed by atoms with E-state index in [0.717, 1.165) is 50.0 Å². The van der Waals surface area contributed by atoms with E-state index in [4.69, 9.17) is 0 Å². The minimum atomic E-state index is -0.808. The standard InChI is InChI=1S/C21H22F2N2O2/c1-14(26)25-10-8-16(9-11-25)12-15-2-4-17(5-3-15)21(27)24-20-7-6-18(22)13-19(20)23/h2-7,13,16H,8-12H2,1H3,(H,24,27). The molecular formula is C21H22F2N2O2. The van der Waals surface area contributed by atoms with Crippen LogP contribution in [0.1, 0.15) is 35.7 Å². The molecule has 0 aliphatic carbocycles. The van der Waals surface area contributed by atoms with E-state index in [1.807, 2.05) is 17.0 Å². The van der Waals surface area contributed by atoms with Gasteiger partial charge >= 0.3 is 0 Å². The average molecular weight is 372 g/mol. The number of benzene rings is 2. The molecule has 1 heterocycles. The van der Waals surface area contributed by atoms with Gasteiger partial charge in [0.25, 0.3) is 5.91 Å². The second-order valence-corrected chi connectivity index (χ2v) is 6.93. The Balaban J connectivity index is 1.57. The van der Waals surface area contributed by atoms with Gasteiger partial charge in [0, 0.05) is 31.6 Å². The third-order valence-electron chi connectivity index (χ3n) is 4.98. The number of carbonyl (C=O) groups is 2. The fourth-order valence-corrected chi connectivity index (χ4v) is 3.36. The van der Waals surface area contributed by atoms with Crippen LogP contribution in [0.15, 0.2) is 42.5 Å². The van der Waals surface area contributed by atoms with E-state index in [-0.39, 0.29) is 11.6 Å². The van der Waals surface area contributed by atoms with Gasteiger partial charge in [0.2, 0.25) is 5.91 Å². The molecule has 0 spiro atoms. The predicted octanol–water partition coefficient (Wildman–Crippen LogP) is 4.02. The quantitative estimate of drug-likeness (QED) is 0.881. The van der Waals surface area contributed by atoms with Gasteiger partial charge in [0.15, 0.2) is 0 Å². The lowest BCUT2D eigenvalue weighted by Gasteiger charge is -2.31. The van der Waals surface area contributed by atoms with Crippen LogP contribution in [-0.4, -0.2) is 29.8 Å². The summed E-state index contributed by atoms with van der Waals surface area (Å²) in [5.74, 6) is -1.29. The molecule has 27 heavy (non-hydrogen) atoms. The summed E-state index contributed by atoms with van der Waals surface area (Å²) in [6.07, 6.45) is 2.86. The molecule has 2 aromatic carbocycles. The molecule has 1 aliphatic heterocycles. The Kier molecular flexibility index (Phi) is 5.84. The van der Waals surface area contributed by atoms with Crippen molar-refractivity contribution in [1.29, 1.82) is 0 Å². The topological polar surface area (TPSA) is 49.4 Å². The highest BCUT2D eigenvalue weighted by atomic mass is 19.1. The van der Waals surface area contributed by atoms with Crippen molar-refractivity contribution in [2.24, 2.45) is 5.92 Å². The molecule has 2 aromatic rings. The van der Waals surface area contributed by atoms with Crippen molar-refractivity contribution in [2.75, 3.05) is 18.4 Å². The van der Waals surface area contributed by atoms with Gasteiger partial charge in [-0.05, 0) is 55.0 Å². The number of hydrogen-bond acceptors (Lipinski definition) is 2. The fraction of sp³-hybridized carbons (Fsp3) is 0.333. The zero-order valence-corrected chi connectivity index (χ0v) is 15.2. The van der Waals surface area contributed by atoms with Crippen molar-refractivity contribution in [3.63, 3.8) is 0 Å². The molecule has 2 amide bonds. The molecule has 0 saturated carbocycles. The van der Waals surface area contributed by atoms with E-state index >= 15 is 0 Å². The molecule has 0 aromatic heterocycles. The minimum absolute atomic E-state index is 0.0530. The van der Waals surface area contributed by atoms with Crippen molar-refractivity contribution in [2.45, 2.75) is 26.2 Å². The summed E-state index contributed by atoms with van der Waals surface area (Å²) in [6.45, 7) is 3.19. The van der Waals surface area contributed by atoms with Gasteiger partial charge in [-0.15, -0.1) is 0 Å². The van der Waals surface area contributed by atoms with Gasteiger partial charge in [-0.2, -0.15) is 0 Å². The summed E-state index contributed by atoms with van der Waals surface area (Å²) in [4.78, 5) is 25.5. The molecule has 1 aliphatic rings. The summed E-state index contributed by atoms with van der Waals surface area (Å²) in [5, 5.41) is 2.45. The Hall–Kier alpha value is -2.76. The second kappa shape index (κ2) is 8.29. The first kappa shape index (κ1) is 19.0. The van der Waals surface area contributed by atoms with Gasteiger partial charge in [-0.3, -0.25) is 9.59 Å². The Morgan fingerprint density at radius 1 is 1.07 bits per heavy atom. The summed E-state index contributed by atoms with van der Waals surface area (Å²) < 4.78 is 26.6. The highest BCUT2D eigenvalue weighted by Crippen LogP contribution is 2.22. The van der Waals surface area contributed by atoms with E-state index in [9.17, 15) is 18.4 Å². The van der Waals surface area contributed by atoms with Gasteiger partial charge in [-0.25, -0.2) is 8.78 Å². The molecule has 1 saturated heterocycles. The molecule has 4 nitrogen and oxygen atoms in total. The summed E-state index contributed by atoms with van der Waals surface area (Å²) in [6, 6.07) is 10.2. The molecule has 142 valence electrons. The molecule has 0 unspecified atom stereocenters. The lowest BCUT2D eigenvalue weighted by Crippen LogP contribution is -2.37. The van der Waals surface area contributed by atoms with Crippen molar-refractivity contribution in [3.8, 4) is 0 Å². The Morgan fingerprint density at radius 2 is 1.74 bits per heavy atom. The largest absolute Gasteiger partial charge is 0.343 e. The zero-order valence-electron chi connectivity index (χ0n) is 15.2. The van der Waals surface area contributed by atoms with Crippen LogP contribution in [-0.2, 0) is 11.2 Å². The number of carbonyl (C=O) groups excluding carboxylic acids is 2. The maximum Gasteiger partial charge on any atom is 0.255 e. The number of anilines is 1. The molecule has 6 heteroatoms. The predicted molar refractivity (Wildman–Crippen MR) is 99.4 cm³/mol. The van der Waals surface area contributed by atoms with Crippen LogP contribution in [0.25, 0.3) is 0 Å². The van der Waals surface area contributed by atoms with E-state index < -0.39 is 17.5 Å². The van der Waals surface area contributed by atoms with Crippen LogP contribution in [0.2, 0.25) is 0 Å². The molecule has 3 rings (SSSR count). The van der Waals surface area contributed by atoms with Crippen molar-refractivity contribution in [3.05, 3.63) is 65.2 Å². The van der Waals surface area contributed by atoms with E-state index in [1.54, 1.807) is 19.1 Å². The molecule has 0 bridgehead atoms. The third-order valence-corrected chi connectivity index (χ3v) is 4.98. The Labute approximate surface area is 157 Å². The average Bonchev–Trinajstić information content (AvgIpc) is 2.65. The van der Waals surface area contributed by atoms with Crippen LogP contribution in [0.3, 0.4) is 0 Å². The highest BCUT2D eigenvalue weighted by molar-refractivity contribution is 6.04. The summed E-state index contributed by atoms with van der Waals surface area (Å²) in [7, 11) is 0. The van der Waals surface area contributed by atoms with Crippen LogP contribution < -0.4 is 5.32 Å². The number of amides is 2. The van der Waals surface area contributed by atoms with Gasteiger partial charge in [0.05, 0.1) is 5.69 Å². The molecular weight excluding hydrogens is 350 g/mol. The summed E-state index contributed by atoms with van der Waals surface area (Å²) in [5.41, 5.74) is 1.48. The van der Waals surface area contributed by atoms with E-state index in [1.165, 1.54) is 6.07 Å². The van der Waals surface area contributed by atoms with Crippen LogP contribution >= 0.6 is 0 Å². The van der Waals surface area contributed by atoms with Gasteiger partial charge in [0.1, 0.15) is 11.6 Å². The van der Waals surface area contributed by atoms with Crippen LogP contribution in [0, 0.1) is 17.6 Å². The monoisotopic (exact) mass is 372 g/mol. The number of piperidine rings is 1. The van der Waals surface area contributed by atoms with Gasteiger partial charge in [-0.1, -0.05) is 12.1 Å². The normalized spacial score (nSPS) is 14.9. The smallest absolute Gasteiger partial charge is 0.255 e. The number of nitrogens with zero attached hydrogens (tertiary/aromatic N) is 1. The first-order valence-corrected chi connectivity index (χ1v) is 9.03. The van der Waals surface area contributed by atoms with Crippen LogP contribution in [0.4, 0.5) is 14.5 Å². The number of halogens is 2. The first-order chi connectivity index (χ1) is 12.9. The van der Waals surface area contributed by atoms with E-state index in [2.05, 4.69) is 5.32 Å². The number of rotatable bonds is 4. The SMILES string of the molecule is CC(=O)N1CCC(Cc2ccc(C(=O)Nc3ccc(F)cc3F)cc2)CC1.